The lowest BCUT2D eigenvalue weighted by molar-refractivity contribution is 0.0376. The molecule has 5 rings (SSSR count). The number of hydrogen-bond donors (Lipinski definition) is 0. The van der Waals surface area contributed by atoms with Crippen LogP contribution in [-0.2, 0) is 4.74 Å². The molecular formula is C27H29N3O3S. The number of anilines is 1. The summed E-state index contributed by atoms with van der Waals surface area (Å²) in [6.07, 6.45) is 0.874. The number of aromatic nitrogens is 1. The van der Waals surface area contributed by atoms with Crippen LogP contribution in [0.1, 0.15) is 23.7 Å². The number of amides is 1. The number of hydrogen-bond acceptors (Lipinski definition) is 6. The van der Waals surface area contributed by atoms with Gasteiger partial charge >= 0.3 is 0 Å². The molecule has 0 N–H and O–H groups in total. The Morgan fingerprint density at radius 2 is 1.91 bits per heavy atom. The smallest absolute Gasteiger partial charge is 0.260 e. The van der Waals surface area contributed by atoms with E-state index >= 15 is 0 Å². The van der Waals surface area contributed by atoms with Gasteiger partial charge in [-0.3, -0.25) is 14.6 Å². The maximum atomic E-state index is 13.8. The second kappa shape index (κ2) is 10.5. The SMILES string of the molecule is CCOc1ccc2nc(N(CCCN3CCOCC3)C(=O)c3ccc4ccccc4c3)sc2c1. The first-order valence-electron chi connectivity index (χ1n) is 11.9. The standard InChI is InChI=1S/C27H29N3O3S/c1-2-33-23-10-11-24-25(19-23)34-27(28-24)30(13-5-12-29-14-16-32-17-15-29)26(31)22-9-8-20-6-3-4-7-21(20)18-22/h3-4,6-11,18-19H,2,5,12-17H2,1H3. The predicted octanol–water partition coefficient (Wildman–Crippen LogP) is 5.22. The first kappa shape index (κ1) is 22.8. The minimum Gasteiger partial charge on any atom is -0.494 e. The molecule has 7 heteroatoms. The van der Waals surface area contributed by atoms with Crippen molar-refractivity contribution in [1.29, 1.82) is 0 Å². The second-order valence-corrected chi connectivity index (χ2v) is 9.39. The number of carbonyl (C=O) groups excluding carboxylic acids is 1. The number of nitrogens with zero attached hydrogens (tertiary/aromatic N) is 3. The molecule has 2 heterocycles. The van der Waals surface area contributed by atoms with Crippen molar-refractivity contribution in [2.45, 2.75) is 13.3 Å². The van der Waals surface area contributed by atoms with E-state index in [-0.39, 0.29) is 5.91 Å². The van der Waals surface area contributed by atoms with Crippen LogP contribution in [0, 0.1) is 0 Å². The molecule has 0 spiro atoms. The van der Waals surface area contributed by atoms with Crippen molar-refractivity contribution in [2.75, 3.05) is 50.9 Å². The van der Waals surface area contributed by atoms with Crippen molar-refractivity contribution in [2.24, 2.45) is 0 Å². The Morgan fingerprint density at radius 3 is 2.74 bits per heavy atom. The van der Waals surface area contributed by atoms with Crippen molar-refractivity contribution < 1.29 is 14.3 Å². The Balaban J connectivity index is 1.43. The Labute approximate surface area is 203 Å². The highest BCUT2D eigenvalue weighted by Crippen LogP contribution is 2.32. The molecule has 0 radical (unpaired) electrons. The van der Waals surface area contributed by atoms with Gasteiger partial charge in [0.15, 0.2) is 5.13 Å². The highest BCUT2D eigenvalue weighted by Gasteiger charge is 2.22. The number of carbonyl (C=O) groups is 1. The van der Waals surface area contributed by atoms with Crippen LogP contribution in [0.2, 0.25) is 0 Å². The predicted molar refractivity (Wildman–Crippen MR) is 138 cm³/mol. The summed E-state index contributed by atoms with van der Waals surface area (Å²) in [5.41, 5.74) is 1.56. The lowest BCUT2D eigenvalue weighted by Gasteiger charge is -2.27. The van der Waals surface area contributed by atoms with Gasteiger partial charge < -0.3 is 9.47 Å². The fraction of sp³-hybridized carbons (Fsp3) is 0.333. The Kier molecular flexibility index (Phi) is 7.04. The van der Waals surface area contributed by atoms with Gasteiger partial charge in [-0.05, 0) is 54.4 Å². The van der Waals surface area contributed by atoms with E-state index in [9.17, 15) is 4.79 Å². The molecule has 1 aliphatic rings. The van der Waals surface area contributed by atoms with E-state index in [2.05, 4.69) is 11.0 Å². The van der Waals surface area contributed by atoms with Crippen LogP contribution >= 0.6 is 11.3 Å². The summed E-state index contributed by atoms with van der Waals surface area (Å²) in [4.78, 5) is 22.8. The Morgan fingerprint density at radius 1 is 1.09 bits per heavy atom. The quantitative estimate of drug-likeness (QED) is 0.350. The summed E-state index contributed by atoms with van der Waals surface area (Å²) in [5.74, 6) is 0.807. The van der Waals surface area contributed by atoms with Crippen LogP contribution < -0.4 is 9.64 Å². The molecule has 6 nitrogen and oxygen atoms in total. The van der Waals surface area contributed by atoms with E-state index in [1.807, 2.05) is 66.4 Å². The molecule has 1 aromatic heterocycles. The third-order valence-electron chi connectivity index (χ3n) is 6.09. The molecule has 1 aliphatic heterocycles. The van der Waals surface area contributed by atoms with E-state index in [1.54, 1.807) is 0 Å². The first-order chi connectivity index (χ1) is 16.7. The molecule has 1 saturated heterocycles. The van der Waals surface area contributed by atoms with Crippen molar-refractivity contribution in [3.8, 4) is 5.75 Å². The molecule has 0 atom stereocenters. The van der Waals surface area contributed by atoms with Gasteiger partial charge in [-0.2, -0.15) is 0 Å². The van der Waals surface area contributed by atoms with Crippen molar-refractivity contribution in [3.63, 3.8) is 0 Å². The first-order valence-corrected chi connectivity index (χ1v) is 12.7. The molecule has 1 amide bonds. The summed E-state index contributed by atoms with van der Waals surface area (Å²) in [6, 6.07) is 19.9. The highest BCUT2D eigenvalue weighted by molar-refractivity contribution is 7.22. The lowest BCUT2D eigenvalue weighted by atomic mass is 10.1. The van der Waals surface area contributed by atoms with Gasteiger partial charge in [0.05, 0.1) is 30.0 Å². The highest BCUT2D eigenvalue weighted by atomic mass is 32.1. The normalized spacial score (nSPS) is 14.5. The summed E-state index contributed by atoms with van der Waals surface area (Å²) in [7, 11) is 0. The third kappa shape index (κ3) is 5.06. The van der Waals surface area contributed by atoms with E-state index in [4.69, 9.17) is 14.5 Å². The van der Waals surface area contributed by atoms with Crippen LogP contribution in [0.5, 0.6) is 5.75 Å². The topological polar surface area (TPSA) is 54.9 Å². The summed E-state index contributed by atoms with van der Waals surface area (Å²) in [5, 5.41) is 2.91. The number of morpholine rings is 1. The van der Waals surface area contributed by atoms with Crippen molar-refractivity contribution in [1.82, 2.24) is 9.88 Å². The molecule has 0 bridgehead atoms. The molecule has 4 aromatic rings. The molecule has 1 fully saturated rings. The van der Waals surface area contributed by atoms with Gasteiger partial charge in [-0.25, -0.2) is 4.98 Å². The summed E-state index contributed by atoms with van der Waals surface area (Å²) in [6.45, 7) is 7.58. The Hall–Kier alpha value is -3.00. The second-order valence-electron chi connectivity index (χ2n) is 8.39. The molecule has 0 aliphatic carbocycles. The maximum Gasteiger partial charge on any atom is 0.260 e. The van der Waals surface area contributed by atoms with E-state index in [0.29, 0.717) is 18.7 Å². The largest absolute Gasteiger partial charge is 0.494 e. The summed E-state index contributed by atoms with van der Waals surface area (Å²) < 4.78 is 12.1. The number of fused-ring (bicyclic) bond motifs is 2. The van der Waals surface area contributed by atoms with Gasteiger partial charge in [0, 0.05) is 31.7 Å². The maximum absolute atomic E-state index is 13.8. The van der Waals surface area contributed by atoms with Crippen molar-refractivity contribution >= 4 is 43.4 Å². The number of benzene rings is 3. The van der Waals surface area contributed by atoms with Gasteiger partial charge in [0.1, 0.15) is 5.75 Å². The van der Waals surface area contributed by atoms with Gasteiger partial charge in [-0.1, -0.05) is 41.7 Å². The van der Waals surface area contributed by atoms with Crippen LogP contribution in [0.4, 0.5) is 5.13 Å². The average molecular weight is 476 g/mol. The van der Waals surface area contributed by atoms with Crippen LogP contribution in [0.3, 0.4) is 0 Å². The van der Waals surface area contributed by atoms with Crippen molar-refractivity contribution in [3.05, 3.63) is 66.2 Å². The molecule has 176 valence electrons. The van der Waals surface area contributed by atoms with Crippen LogP contribution in [0.25, 0.3) is 21.0 Å². The minimum absolute atomic E-state index is 0.0168. The van der Waals surface area contributed by atoms with Gasteiger partial charge in [0.2, 0.25) is 0 Å². The number of rotatable bonds is 8. The van der Waals surface area contributed by atoms with Crippen LogP contribution in [-0.4, -0.2) is 61.8 Å². The zero-order chi connectivity index (χ0) is 23.3. The van der Waals surface area contributed by atoms with Gasteiger partial charge in [0.25, 0.3) is 5.91 Å². The van der Waals surface area contributed by atoms with Gasteiger partial charge in [-0.15, -0.1) is 0 Å². The van der Waals surface area contributed by atoms with Crippen LogP contribution in [0.15, 0.2) is 60.7 Å². The average Bonchev–Trinajstić information content (AvgIpc) is 3.30. The molecular weight excluding hydrogens is 446 g/mol. The molecule has 34 heavy (non-hydrogen) atoms. The van der Waals surface area contributed by atoms with E-state index < -0.39 is 0 Å². The number of thiazole rings is 1. The molecule has 3 aromatic carbocycles. The molecule has 0 unspecified atom stereocenters. The lowest BCUT2D eigenvalue weighted by Crippen LogP contribution is -2.39. The Bertz CT molecular complexity index is 1280. The minimum atomic E-state index is -0.0168. The van der Waals surface area contributed by atoms with E-state index in [1.165, 1.54) is 11.3 Å². The zero-order valence-corrected chi connectivity index (χ0v) is 20.2. The zero-order valence-electron chi connectivity index (χ0n) is 19.4. The summed E-state index contributed by atoms with van der Waals surface area (Å²) >= 11 is 1.54. The fourth-order valence-electron chi connectivity index (χ4n) is 4.30. The number of ether oxygens (including phenoxy) is 2. The third-order valence-corrected chi connectivity index (χ3v) is 7.13. The van der Waals surface area contributed by atoms with E-state index in [0.717, 1.165) is 71.1 Å². The monoisotopic (exact) mass is 475 g/mol. The molecule has 0 saturated carbocycles. The fourth-order valence-corrected chi connectivity index (χ4v) is 5.32.